The minimum Gasteiger partial charge on any atom is -0.238 e. The van der Waals surface area contributed by atoms with Crippen molar-refractivity contribution >= 4 is 24.1 Å². The lowest BCUT2D eigenvalue weighted by atomic mass is 9.94. The summed E-state index contributed by atoms with van der Waals surface area (Å²) in [6.45, 7) is 19.4. The first kappa shape index (κ1) is 21.4. The Morgan fingerprint density at radius 3 is 2.06 bits per heavy atom. The molecule has 0 N–H and O–H groups in total. The summed E-state index contributed by atoms with van der Waals surface area (Å²) in [4.78, 5) is 3.95. The number of benzene rings is 3. The molecule has 33 heavy (non-hydrogen) atoms. The molecule has 3 aromatic carbocycles. The van der Waals surface area contributed by atoms with Crippen molar-refractivity contribution in [1.29, 1.82) is 0 Å². The first-order chi connectivity index (χ1) is 15.8. The van der Waals surface area contributed by atoms with Crippen LogP contribution in [0.5, 0.6) is 0 Å². The van der Waals surface area contributed by atoms with Gasteiger partial charge in [-0.25, -0.2) is 9.41 Å². The molecule has 2 nitrogen and oxygen atoms in total. The molecule has 0 unspecified atom stereocenters. The highest BCUT2D eigenvalue weighted by molar-refractivity contribution is 7.05. The maximum atomic E-state index is 7.91. The lowest BCUT2D eigenvalue weighted by Crippen LogP contribution is -2.51. The lowest BCUT2D eigenvalue weighted by molar-refractivity contribution is -0.660. The number of aryl methyl sites for hydroxylation is 4. The van der Waals surface area contributed by atoms with Crippen molar-refractivity contribution < 1.29 is 4.57 Å². The fourth-order valence-corrected chi connectivity index (χ4v) is 9.50. The highest BCUT2D eigenvalue weighted by atomic mass is 28.3. The van der Waals surface area contributed by atoms with Crippen LogP contribution in [0.3, 0.4) is 0 Å². The molecule has 0 atom stereocenters. The molecule has 5 rings (SSSR count). The second kappa shape index (κ2) is 7.54. The SMILES string of the molecule is [C-]#[N+]c1ccc2c(c1-c1ccccc1)[Si](C)(C)c1c-2ccc(C)c1-c1cc(C)c(C)c[n+]1C. The predicted molar refractivity (Wildman–Crippen MR) is 141 cm³/mol. The third-order valence-corrected chi connectivity index (χ3v) is 10.9. The molecular weight excluding hydrogens is 416 g/mol. The number of hydrogen-bond donors (Lipinski definition) is 0. The summed E-state index contributed by atoms with van der Waals surface area (Å²) in [6.07, 6.45) is 2.24. The monoisotopic (exact) mass is 445 g/mol. The van der Waals surface area contributed by atoms with E-state index in [1.165, 1.54) is 49.4 Å². The molecule has 0 radical (unpaired) electrons. The fourth-order valence-electron chi connectivity index (χ4n) is 5.62. The van der Waals surface area contributed by atoms with E-state index in [1.807, 2.05) is 12.1 Å². The molecular formula is C30H29N2Si+. The van der Waals surface area contributed by atoms with E-state index in [0.29, 0.717) is 0 Å². The standard InChI is InChI=1S/C30H29N2Si/c1-19-13-14-23-24-15-16-25(31-4)28(22-11-9-8-10-12-22)30(24)33(6,7)29(23)27(19)26-17-20(2)21(3)18-32(26)5/h8-18H,1-3,5-7H3/q+1. The van der Waals surface area contributed by atoms with Crippen molar-refractivity contribution in [1.82, 2.24) is 0 Å². The van der Waals surface area contributed by atoms with Gasteiger partial charge in [0.15, 0.2) is 11.9 Å². The third kappa shape index (κ3) is 3.09. The van der Waals surface area contributed by atoms with Gasteiger partial charge >= 0.3 is 0 Å². The van der Waals surface area contributed by atoms with Crippen LogP contribution in [-0.4, -0.2) is 8.07 Å². The first-order valence-electron chi connectivity index (χ1n) is 11.5. The molecule has 0 saturated heterocycles. The normalized spacial score (nSPS) is 13.4. The maximum absolute atomic E-state index is 7.91. The van der Waals surface area contributed by atoms with E-state index in [-0.39, 0.29) is 0 Å². The Bertz CT molecular complexity index is 1470. The Hall–Kier alpha value is -3.48. The van der Waals surface area contributed by atoms with Crippen molar-refractivity contribution in [2.45, 2.75) is 33.9 Å². The summed E-state index contributed by atoms with van der Waals surface area (Å²) < 4.78 is 2.28. The number of aromatic nitrogens is 1. The topological polar surface area (TPSA) is 8.24 Å². The molecule has 1 aliphatic rings. The molecule has 2 heterocycles. The molecule has 0 bridgehead atoms. The molecule has 0 aliphatic carbocycles. The highest BCUT2D eigenvalue weighted by Gasteiger charge is 2.43. The maximum Gasteiger partial charge on any atom is 0.212 e. The van der Waals surface area contributed by atoms with Gasteiger partial charge in [0.25, 0.3) is 0 Å². The van der Waals surface area contributed by atoms with Crippen LogP contribution < -0.4 is 14.9 Å². The molecule has 0 saturated carbocycles. The summed E-state index contributed by atoms with van der Waals surface area (Å²) in [7, 11) is 0.0307. The molecule has 1 aromatic heterocycles. The van der Waals surface area contributed by atoms with Gasteiger partial charge in [-0.3, -0.25) is 0 Å². The van der Waals surface area contributed by atoms with E-state index in [9.17, 15) is 0 Å². The first-order valence-corrected chi connectivity index (χ1v) is 14.5. The number of fused-ring (bicyclic) bond motifs is 3. The van der Waals surface area contributed by atoms with Gasteiger partial charge in [-0.15, -0.1) is 0 Å². The Morgan fingerprint density at radius 1 is 0.758 bits per heavy atom. The van der Waals surface area contributed by atoms with Crippen molar-refractivity contribution in [2.24, 2.45) is 7.05 Å². The van der Waals surface area contributed by atoms with E-state index in [1.54, 1.807) is 0 Å². The van der Waals surface area contributed by atoms with E-state index in [2.05, 4.69) is 105 Å². The van der Waals surface area contributed by atoms with Gasteiger partial charge in [-0.1, -0.05) is 67.7 Å². The van der Waals surface area contributed by atoms with Gasteiger partial charge in [0.2, 0.25) is 5.69 Å². The number of nitrogens with zero attached hydrogens (tertiary/aromatic N) is 2. The molecule has 0 spiro atoms. The van der Waals surface area contributed by atoms with Crippen LogP contribution in [0.4, 0.5) is 5.69 Å². The zero-order valence-electron chi connectivity index (χ0n) is 20.2. The van der Waals surface area contributed by atoms with Crippen LogP contribution in [0.2, 0.25) is 13.1 Å². The number of hydrogen-bond acceptors (Lipinski definition) is 0. The Kier molecular flexibility index (Phi) is 4.88. The summed E-state index contributed by atoms with van der Waals surface area (Å²) >= 11 is 0. The minimum absolute atomic E-state index is 0.753. The third-order valence-electron chi connectivity index (χ3n) is 7.32. The molecule has 4 aromatic rings. The van der Waals surface area contributed by atoms with E-state index in [4.69, 9.17) is 6.57 Å². The van der Waals surface area contributed by atoms with Gasteiger partial charge in [-0.05, 0) is 64.5 Å². The largest absolute Gasteiger partial charge is 0.238 e. The fraction of sp³-hybridized carbons (Fsp3) is 0.200. The molecule has 162 valence electrons. The average Bonchev–Trinajstić information content (AvgIpc) is 3.03. The zero-order valence-corrected chi connectivity index (χ0v) is 21.2. The van der Waals surface area contributed by atoms with E-state index >= 15 is 0 Å². The lowest BCUT2D eigenvalue weighted by Gasteiger charge is -2.25. The van der Waals surface area contributed by atoms with Crippen LogP contribution in [0, 0.1) is 27.3 Å². The van der Waals surface area contributed by atoms with E-state index in [0.717, 1.165) is 16.8 Å². The van der Waals surface area contributed by atoms with Crippen LogP contribution in [0.1, 0.15) is 16.7 Å². The van der Waals surface area contributed by atoms with Gasteiger partial charge in [0, 0.05) is 17.2 Å². The highest BCUT2D eigenvalue weighted by Crippen LogP contribution is 2.41. The molecule has 0 fully saturated rings. The predicted octanol–water partition coefficient (Wildman–Crippen LogP) is 6.12. The average molecular weight is 446 g/mol. The summed E-state index contributed by atoms with van der Waals surface area (Å²) in [5.74, 6) is 0. The van der Waals surface area contributed by atoms with Crippen molar-refractivity contribution in [2.75, 3.05) is 0 Å². The Morgan fingerprint density at radius 2 is 1.39 bits per heavy atom. The Balaban J connectivity index is 1.88. The van der Waals surface area contributed by atoms with Crippen molar-refractivity contribution in [3.8, 4) is 33.5 Å². The van der Waals surface area contributed by atoms with Gasteiger partial charge in [0.1, 0.15) is 15.1 Å². The Labute approximate surface area is 198 Å². The summed E-state index contributed by atoms with van der Waals surface area (Å²) in [5, 5.41) is 2.89. The summed E-state index contributed by atoms with van der Waals surface area (Å²) in [6, 6.07) is 21.6. The van der Waals surface area contributed by atoms with Gasteiger partial charge < -0.3 is 0 Å². The second-order valence-corrected chi connectivity index (χ2v) is 14.1. The molecule has 3 heteroatoms. The van der Waals surface area contributed by atoms with E-state index < -0.39 is 8.07 Å². The summed E-state index contributed by atoms with van der Waals surface area (Å²) in [5.41, 5.74) is 12.2. The van der Waals surface area contributed by atoms with Gasteiger partial charge in [0.05, 0.1) is 6.57 Å². The zero-order chi connectivity index (χ0) is 23.5. The smallest absolute Gasteiger partial charge is 0.212 e. The van der Waals surface area contributed by atoms with Crippen molar-refractivity contribution in [3.63, 3.8) is 0 Å². The van der Waals surface area contributed by atoms with Crippen LogP contribution in [0.15, 0.2) is 66.9 Å². The quantitative estimate of drug-likeness (QED) is 0.199. The molecule has 1 aliphatic heterocycles. The van der Waals surface area contributed by atoms with Crippen molar-refractivity contribution in [3.05, 3.63) is 95.0 Å². The van der Waals surface area contributed by atoms with Crippen LogP contribution >= 0.6 is 0 Å². The van der Waals surface area contributed by atoms with Crippen LogP contribution in [0.25, 0.3) is 38.4 Å². The second-order valence-electron chi connectivity index (χ2n) is 9.80. The van der Waals surface area contributed by atoms with Crippen LogP contribution in [-0.2, 0) is 7.05 Å². The molecule has 0 amide bonds. The number of pyridine rings is 1. The number of rotatable bonds is 2. The van der Waals surface area contributed by atoms with Gasteiger partial charge in [-0.2, -0.15) is 0 Å². The minimum atomic E-state index is -2.13.